The minimum Gasteiger partial charge on any atom is -0.466 e. The van der Waals surface area contributed by atoms with Crippen molar-refractivity contribution in [2.75, 3.05) is 66.0 Å². The van der Waals surface area contributed by atoms with E-state index in [1.54, 1.807) is 0 Å². The highest BCUT2D eigenvalue weighted by molar-refractivity contribution is 14.0. The van der Waals surface area contributed by atoms with Gasteiger partial charge in [0.2, 0.25) is 0 Å². The van der Waals surface area contributed by atoms with Crippen LogP contribution in [-0.4, -0.2) is 98.7 Å². The van der Waals surface area contributed by atoms with Crippen molar-refractivity contribution in [1.29, 1.82) is 0 Å². The van der Waals surface area contributed by atoms with Gasteiger partial charge >= 0.3 is 5.97 Å². The van der Waals surface area contributed by atoms with E-state index >= 15 is 0 Å². The monoisotopic (exact) mass is 465 g/mol. The van der Waals surface area contributed by atoms with Crippen LogP contribution in [0.2, 0.25) is 0 Å². The summed E-state index contributed by atoms with van der Waals surface area (Å²) in [5, 5.41) is 3.54. The molecule has 0 saturated carbocycles. The average molecular weight is 465 g/mol. The molecule has 4 aliphatic rings. The van der Waals surface area contributed by atoms with Crippen LogP contribution in [0.3, 0.4) is 0 Å². The Kier molecular flexibility index (Phi) is 8.21. The molecule has 0 aliphatic carbocycles. The molecular weight excluding hydrogens is 433 g/mol. The molecule has 144 valence electrons. The lowest BCUT2D eigenvalue weighted by Crippen LogP contribution is -2.64. The van der Waals surface area contributed by atoms with E-state index in [1.807, 2.05) is 14.0 Å². The van der Waals surface area contributed by atoms with Gasteiger partial charge in [0.15, 0.2) is 5.96 Å². The summed E-state index contributed by atoms with van der Waals surface area (Å²) >= 11 is 0. The number of nitrogens with zero attached hydrogens (tertiary/aromatic N) is 4. The van der Waals surface area contributed by atoms with E-state index in [-0.39, 0.29) is 35.9 Å². The van der Waals surface area contributed by atoms with Crippen molar-refractivity contribution in [2.45, 2.75) is 25.8 Å². The molecule has 2 bridgehead atoms. The zero-order chi connectivity index (χ0) is 16.9. The Morgan fingerprint density at radius 2 is 1.96 bits per heavy atom. The van der Waals surface area contributed by atoms with Crippen LogP contribution >= 0.6 is 24.0 Å². The number of likely N-dealkylation sites (tertiary alicyclic amines) is 1. The van der Waals surface area contributed by atoms with Crippen molar-refractivity contribution >= 4 is 35.9 Å². The summed E-state index contributed by atoms with van der Waals surface area (Å²) in [6.45, 7) is 10.8. The first-order chi connectivity index (χ1) is 11.7. The van der Waals surface area contributed by atoms with Crippen LogP contribution in [-0.2, 0) is 9.53 Å². The number of fused-ring (bicyclic) bond motifs is 3. The number of carbonyl (C=O) groups is 1. The molecule has 0 radical (unpaired) electrons. The van der Waals surface area contributed by atoms with E-state index in [0.717, 1.165) is 38.4 Å². The summed E-state index contributed by atoms with van der Waals surface area (Å²) in [7, 11) is 1.83. The first-order valence-corrected chi connectivity index (χ1v) is 9.30. The molecule has 0 aromatic carbocycles. The van der Waals surface area contributed by atoms with Crippen molar-refractivity contribution in [3.05, 3.63) is 0 Å². The maximum Gasteiger partial charge on any atom is 0.310 e. The second-order valence-electron chi connectivity index (χ2n) is 6.96. The fourth-order valence-electron chi connectivity index (χ4n) is 4.08. The number of esters is 1. The van der Waals surface area contributed by atoms with Crippen LogP contribution in [0, 0.1) is 5.92 Å². The third kappa shape index (κ3) is 5.19. The predicted octanol–water partition coefficient (Wildman–Crippen LogP) is 0.455. The van der Waals surface area contributed by atoms with Crippen LogP contribution in [0.5, 0.6) is 0 Å². The molecule has 0 aromatic rings. The summed E-state index contributed by atoms with van der Waals surface area (Å²) in [6, 6.07) is 0.565. The fourth-order valence-corrected chi connectivity index (χ4v) is 4.08. The number of rotatable bonds is 4. The standard InChI is InChI=1S/C17H31N5O2.HI/c1-3-24-16(23)14-5-4-6-22(12-14)17(18-2)19-11-15-13-20-7-9-21(15)10-8-20;/h14-15H,3-13H2,1-2H3,(H,18,19);1H. The third-order valence-corrected chi connectivity index (χ3v) is 5.44. The molecule has 2 unspecified atom stereocenters. The lowest BCUT2D eigenvalue weighted by molar-refractivity contribution is -0.149. The van der Waals surface area contributed by atoms with E-state index in [4.69, 9.17) is 4.74 Å². The van der Waals surface area contributed by atoms with Crippen molar-refractivity contribution in [1.82, 2.24) is 20.0 Å². The average Bonchev–Trinajstić information content (AvgIpc) is 2.64. The van der Waals surface area contributed by atoms with Gasteiger partial charge in [-0.25, -0.2) is 0 Å². The van der Waals surface area contributed by atoms with Gasteiger partial charge in [0.1, 0.15) is 0 Å². The predicted molar refractivity (Wildman–Crippen MR) is 110 cm³/mol. The number of piperidine rings is 1. The maximum atomic E-state index is 12.0. The zero-order valence-corrected chi connectivity index (χ0v) is 17.8. The number of hydrogen-bond donors (Lipinski definition) is 1. The Balaban J connectivity index is 0.00000225. The first kappa shape index (κ1) is 20.7. The molecule has 7 nitrogen and oxygen atoms in total. The molecule has 2 atom stereocenters. The topological polar surface area (TPSA) is 60.4 Å². The van der Waals surface area contributed by atoms with Crippen LogP contribution in [0.4, 0.5) is 0 Å². The largest absolute Gasteiger partial charge is 0.466 e. The molecular formula is C17H32IN5O2. The minimum absolute atomic E-state index is 0. The van der Waals surface area contributed by atoms with Crippen molar-refractivity contribution in [3.8, 4) is 0 Å². The third-order valence-electron chi connectivity index (χ3n) is 5.44. The number of carbonyl (C=O) groups excluding carboxylic acids is 1. The molecule has 4 aliphatic heterocycles. The molecule has 4 heterocycles. The van der Waals surface area contributed by atoms with Crippen molar-refractivity contribution in [2.24, 2.45) is 10.9 Å². The molecule has 4 rings (SSSR count). The van der Waals surface area contributed by atoms with Crippen LogP contribution in [0.1, 0.15) is 19.8 Å². The van der Waals surface area contributed by atoms with Gasteiger partial charge in [-0.05, 0) is 19.8 Å². The summed E-state index contributed by atoms with van der Waals surface area (Å²) in [5.41, 5.74) is 0. The normalized spacial score (nSPS) is 32.1. The Bertz CT molecular complexity index is 468. The van der Waals surface area contributed by atoms with E-state index in [0.29, 0.717) is 19.2 Å². The lowest BCUT2D eigenvalue weighted by Gasteiger charge is -2.47. The van der Waals surface area contributed by atoms with E-state index in [9.17, 15) is 4.79 Å². The second kappa shape index (κ2) is 9.91. The Morgan fingerprint density at radius 3 is 2.56 bits per heavy atom. The van der Waals surface area contributed by atoms with E-state index in [1.165, 1.54) is 26.2 Å². The van der Waals surface area contributed by atoms with Gasteiger partial charge in [-0.3, -0.25) is 19.6 Å². The van der Waals surface area contributed by atoms with Crippen molar-refractivity contribution < 1.29 is 9.53 Å². The number of aliphatic imine (C=N–C) groups is 1. The molecule has 4 fully saturated rings. The summed E-state index contributed by atoms with van der Waals surface area (Å²) in [4.78, 5) is 23.8. The lowest BCUT2D eigenvalue weighted by atomic mass is 9.98. The molecule has 25 heavy (non-hydrogen) atoms. The van der Waals surface area contributed by atoms with Gasteiger partial charge in [0.25, 0.3) is 0 Å². The van der Waals surface area contributed by atoms with Gasteiger partial charge in [-0.2, -0.15) is 0 Å². The number of nitrogens with one attached hydrogen (secondary N) is 1. The van der Waals surface area contributed by atoms with Gasteiger partial charge in [-0.1, -0.05) is 0 Å². The zero-order valence-electron chi connectivity index (χ0n) is 15.4. The molecule has 0 aromatic heterocycles. The quantitative estimate of drug-likeness (QED) is 0.282. The summed E-state index contributed by atoms with van der Waals surface area (Å²) < 4.78 is 5.19. The van der Waals surface area contributed by atoms with Gasteiger partial charge in [0.05, 0.1) is 12.5 Å². The Labute approximate surface area is 168 Å². The highest BCUT2D eigenvalue weighted by atomic mass is 127. The first-order valence-electron chi connectivity index (χ1n) is 9.30. The Morgan fingerprint density at radius 1 is 1.20 bits per heavy atom. The molecule has 4 saturated heterocycles. The molecule has 1 N–H and O–H groups in total. The minimum atomic E-state index is -0.0684. The van der Waals surface area contributed by atoms with Crippen LogP contribution in [0.25, 0.3) is 0 Å². The highest BCUT2D eigenvalue weighted by Gasteiger charge is 2.33. The molecule has 0 amide bonds. The summed E-state index contributed by atoms with van der Waals surface area (Å²) in [6.07, 6.45) is 1.92. The smallest absolute Gasteiger partial charge is 0.310 e. The second-order valence-corrected chi connectivity index (χ2v) is 6.96. The van der Waals surface area contributed by atoms with Gasteiger partial charge in [0, 0.05) is 65.4 Å². The number of guanidine groups is 1. The van der Waals surface area contributed by atoms with Gasteiger partial charge < -0.3 is 15.0 Å². The summed E-state index contributed by atoms with van der Waals surface area (Å²) in [5.74, 6) is 0.820. The van der Waals surface area contributed by atoms with Crippen LogP contribution in [0.15, 0.2) is 4.99 Å². The molecule has 0 spiro atoms. The van der Waals surface area contributed by atoms with Gasteiger partial charge in [-0.15, -0.1) is 24.0 Å². The molecule has 8 heteroatoms. The maximum absolute atomic E-state index is 12.0. The number of ether oxygens (including phenoxy) is 1. The van der Waals surface area contributed by atoms with Crippen LogP contribution < -0.4 is 5.32 Å². The van der Waals surface area contributed by atoms with E-state index in [2.05, 4.69) is 25.0 Å². The number of halogens is 1. The van der Waals surface area contributed by atoms with E-state index < -0.39 is 0 Å². The Hall–Kier alpha value is -0.610. The fraction of sp³-hybridized carbons (Fsp3) is 0.882. The van der Waals surface area contributed by atoms with Crippen molar-refractivity contribution in [3.63, 3.8) is 0 Å². The highest BCUT2D eigenvalue weighted by Crippen LogP contribution is 2.19. The number of piperazine rings is 3. The SMILES string of the molecule is CCOC(=O)C1CCCN(C(=NC)NCC2CN3CCN2CC3)C1.I. The number of hydrogen-bond acceptors (Lipinski definition) is 5.